The van der Waals surface area contributed by atoms with E-state index in [1.54, 1.807) is 48.5 Å². The summed E-state index contributed by atoms with van der Waals surface area (Å²) in [4.78, 5) is 25.0. The number of carbonyl (C=O) groups excluding carboxylic acids is 1. The molecule has 0 aromatic heterocycles. The summed E-state index contributed by atoms with van der Waals surface area (Å²) in [6.45, 7) is -0.0898. The molecule has 0 heterocycles. The van der Waals surface area contributed by atoms with Crippen LogP contribution in [0.2, 0.25) is 0 Å². The van der Waals surface area contributed by atoms with Crippen molar-refractivity contribution >= 4 is 22.6 Å². The summed E-state index contributed by atoms with van der Waals surface area (Å²) in [6, 6.07) is 22.0. The zero-order chi connectivity index (χ0) is 25.0. The molecule has 1 amide bonds. The van der Waals surface area contributed by atoms with Crippen molar-refractivity contribution in [2.45, 2.75) is 18.8 Å². The summed E-state index contributed by atoms with van der Waals surface area (Å²) in [5.41, 5.74) is 0.219. The summed E-state index contributed by atoms with van der Waals surface area (Å²) >= 11 is 0. The molecule has 0 spiro atoms. The maximum Gasteiger partial charge on any atom is 0.416 e. The summed E-state index contributed by atoms with van der Waals surface area (Å²) in [7, 11) is 0. The second kappa shape index (κ2) is 9.89. The molecule has 0 aliphatic heterocycles. The van der Waals surface area contributed by atoms with E-state index in [-0.39, 0.29) is 17.9 Å². The van der Waals surface area contributed by atoms with Gasteiger partial charge in [-0.2, -0.15) is 13.2 Å². The first kappa shape index (κ1) is 23.8. The van der Waals surface area contributed by atoms with Crippen LogP contribution in [0.25, 0.3) is 10.8 Å². The van der Waals surface area contributed by atoms with E-state index in [2.05, 4.69) is 5.32 Å². The fourth-order valence-electron chi connectivity index (χ4n) is 3.66. The second-order valence-electron chi connectivity index (χ2n) is 7.80. The van der Waals surface area contributed by atoms with Crippen LogP contribution in [-0.4, -0.2) is 17.0 Å². The van der Waals surface area contributed by atoms with E-state index in [0.717, 1.165) is 17.5 Å². The Balaban J connectivity index is 1.64. The van der Waals surface area contributed by atoms with Crippen LogP contribution in [0.5, 0.6) is 5.75 Å². The minimum absolute atomic E-state index is 0.0898. The van der Waals surface area contributed by atoms with Crippen molar-refractivity contribution in [2.75, 3.05) is 0 Å². The Morgan fingerprint density at radius 2 is 1.51 bits per heavy atom. The number of rotatable bonds is 7. The van der Waals surface area contributed by atoms with Gasteiger partial charge in [0.25, 0.3) is 5.91 Å². The molecule has 0 fully saturated rings. The molecule has 5 nitrogen and oxygen atoms in total. The minimum atomic E-state index is -4.44. The van der Waals surface area contributed by atoms with Crippen LogP contribution < -0.4 is 10.1 Å². The van der Waals surface area contributed by atoms with Gasteiger partial charge in [-0.05, 0) is 34.7 Å². The monoisotopic (exact) mass is 479 g/mol. The number of aliphatic carboxylic acids is 1. The molecule has 0 saturated carbocycles. The first-order valence-corrected chi connectivity index (χ1v) is 10.6. The molecule has 0 unspecified atom stereocenters. The molecular weight excluding hydrogens is 459 g/mol. The van der Waals surface area contributed by atoms with Gasteiger partial charge in [0.15, 0.2) is 6.04 Å². The highest BCUT2D eigenvalue weighted by molar-refractivity contribution is 6.05. The van der Waals surface area contributed by atoms with Crippen LogP contribution in [0.1, 0.15) is 33.1 Å². The maximum absolute atomic E-state index is 13.2. The quantitative estimate of drug-likeness (QED) is 0.341. The van der Waals surface area contributed by atoms with Crippen LogP contribution in [0.15, 0.2) is 91.0 Å². The van der Waals surface area contributed by atoms with Crippen LogP contribution in [0.3, 0.4) is 0 Å². The van der Waals surface area contributed by atoms with E-state index < -0.39 is 29.7 Å². The van der Waals surface area contributed by atoms with Crippen LogP contribution in [0, 0.1) is 0 Å². The van der Waals surface area contributed by atoms with E-state index in [1.807, 2.05) is 12.1 Å². The number of carboxylic acids is 1. The molecule has 4 rings (SSSR count). The van der Waals surface area contributed by atoms with Gasteiger partial charge < -0.3 is 15.2 Å². The average Bonchev–Trinajstić information content (AvgIpc) is 2.85. The number of amides is 1. The van der Waals surface area contributed by atoms with Gasteiger partial charge in [0, 0.05) is 5.39 Å². The predicted octanol–water partition coefficient (Wildman–Crippen LogP) is 5.99. The lowest BCUT2D eigenvalue weighted by atomic mass is 10.0. The molecule has 178 valence electrons. The van der Waals surface area contributed by atoms with Crippen molar-refractivity contribution in [2.24, 2.45) is 0 Å². The Morgan fingerprint density at radius 3 is 2.17 bits per heavy atom. The van der Waals surface area contributed by atoms with Gasteiger partial charge in [-0.25, -0.2) is 4.79 Å². The molecule has 2 N–H and O–H groups in total. The largest absolute Gasteiger partial charge is 0.487 e. The number of fused-ring (bicyclic) bond motifs is 1. The number of hydrogen-bond donors (Lipinski definition) is 2. The summed E-state index contributed by atoms with van der Waals surface area (Å²) < 4.78 is 44.5. The van der Waals surface area contributed by atoms with Crippen LogP contribution >= 0.6 is 0 Å². The van der Waals surface area contributed by atoms with Crippen molar-refractivity contribution in [1.82, 2.24) is 5.32 Å². The molecule has 4 aromatic rings. The summed E-state index contributed by atoms with van der Waals surface area (Å²) in [6.07, 6.45) is -4.44. The lowest BCUT2D eigenvalue weighted by molar-refractivity contribution is -0.139. The highest BCUT2D eigenvalue weighted by atomic mass is 19.4. The molecule has 4 aromatic carbocycles. The maximum atomic E-state index is 13.2. The Morgan fingerprint density at radius 1 is 0.857 bits per heavy atom. The number of hydrogen-bond acceptors (Lipinski definition) is 3. The minimum Gasteiger partial charge on any atom is -0.487 e. The van der Waals surface area contributed by atoms with Gasteiger partial charge in [0.05, 0.1) is 11.1 Å². The lowest BCUT2D eigenvalue weighted by Crippen LogP contribution is -2.34. The summed E-state index contributed by atoms with van der Waals surface area (Å²) in [5.74, 6) is -1.68. The Kier molecular flexibility index (Phi) is 6.73. The van der Waals surface area contributed by atoms with Gasteiger partial charge in [-0.3, -0.25) is 4.79 Å². The van der Waals surface area contributed by atoms with Gasteiger partial charge in [-0.15, -0.1) is 0 Å². The highest BCUT2D eigenvalue weighted by Crippen LogP contribution is 2.32. The van der Waals surface area contributed by atoms with Crippen molar-refractivity contribution in [3.63, 3.8) is 0 Å². The van der Waals surface area contributed by atoms with E-state index in [1.165, 1.54) is 18.2 Å². The van der Waals surface area contributed by atoms with E-state index in [0.29, 0.717) is 16.5 Å². The zero-order valence-corrected chi connectivity index (χ0v) is 18.3. The first-order chi connectivity index (χ1) is 16.7. The van der Waals surface area contributed by atoms with Crippen molar-refractivity contribution in [1.29, 1.82) is 0 Å². The standard InChI is InChI=1S/C27H20F3NO4/c28-27(29,30)20-13-10-17(11-14-20)16-35-24-21-9-5-4-6-18(21)12-15-22(24)25(32)31-23(26(33)34)19-7-2-1-3-8-19/h1-15,23H,16H2,(H,31,32)(H,33,34)/t23-/m0/s1. The molecule has 0 aliphatic rings. The topological polar surface area (TPSA) is 75.6 Å². The van der Waals surface area contributed by atoms with E-state index >= 15 is 0 Å². The fraction of sp³-hybridized carbons (Fsp3) is 0.111. The lowest BCUT2D eigenvalue weighted by Gasteiger charge is -2.18. The fourth-order valence-corrected chi connectivity index (χ4v) is 3.66. The number of carbonyl (C=O) groups is 2. The zero-order valence-electron chi connectivity index (χ0n) is 18.3. The molecule has 35 heavy (non-hydrogen) atoms. The van der Waals surface area contributed by atoms with Crippen molar-refractivity contribution < 1.29 is 32.6 Å². The van der Waals surface area contributed by atoms with Gasteiger partial charge in [-0.1, -0.05) is 72.8 Å². The molecule has 1 atom stereocenters. The third-order valence-corrected chi connectivity index (χ3v) is 5.44. The SMILES string of the molecule is O=C(N[C@H](C(=O)O)c1ccccc1)c1ccc2ccccc2c1OCc1ccc(C(F)(F)F)cc1. The van der Waals surface area contributed by atoms with Crippen molar-refractivity contribution in [3.8, 4) is 5.75 Å². The van der Waals surface area contributed by atoms with E-state index in [4.69, 9.17) is 4.74 Å². The molecule has 0 saturated heterocycles. The average molecular weight is 479 g/mol. The van der Waals surface area contributed by atoms with E-state index in [9.17, 15) is 27.9 Å². The second-order valence-corrected chi connectivity index (χ2v) is 7.80. The predicted molar refractivity (Wildman–Crippen MR) is 124 cm³/mol. The third kappa shape index (κ3) is 5.43. The molecule has 8 heteroatoms. The number of benzene rings is 4. The van der Waals surface area contributed by atoms with Gasteiger partial charge in [0.1, 0.15) is 12.4 Å². The molecule has 0 radical (unpaired) electrons. The van der Waals surface area contributed by atoms with Gasteiger partial charge >= 0.3 is 12.1 Å². The number of halogens is 3. The molecule has 0 aliphatic carbocycles. The van der Waals surface area contributed by atoms with Crippen molar-refractivity contribution in [3.05, 3.63) is 113 Å². The number of carboxylic acid groups (broad SMARTS) is 1. The normalized spacial score (nSPS) is 12.2. The Hall–Kier alpha value is -4.33. The van der Waals surface area contributed by atoms with Crippen LogP contribution in [0.4, 0.5) is 13.2 Å². The molecular formula is C27H20F3NO4. The van der Waals surface area contributed by atoms with Gasteiger partial charge in [0.2, 0.25) is 0 Å². The molecule has 0 bridgehead atoms. The number of nitrogens with one attached hydrogen (secondary N) is 1. The van der Waals surface area contributed by atoms with Crippen LogP contribution in [-0.2, 0) is 17.6 Å². The number of ether oxygens (including phenoxy) is 1. The Labute approximate surface area is 198 Å². The first-order valence-electron chi connectivity index (χ1n) is 10.6. The highest BCUT2D eigenvalue weighted by Gasteiger charge is 2.30. The Bertz CT molecular complexity index is 1350. The smallest absolute Gasteiger partial charge is 0.416 e. The third-order valence-electron chi connectivity index (χ3n) is 5.44. The summed E-state index contributed by atoms with van der Waals surface area (Å²) in [5, 5.41) is 13.6. The number of alkyl halides is 3.